The van der Waals surface area contributed by atoms with E-state index in [1.165, 1.54) is 0 Å². The maximum atomic E-state index is 9.05. The average molecular weight is 264 g/mol. The normalized spacial score (nSPS) is 9.94. The van der Waals surface area contributed by atoms with E-state index in [0.29, 0.717) is 17.1 Å². The molecule has 5 heteroatoms. The minimum absolute atomic E-state index is 0.618. The van der Waals surface area contributed by atoms with Crippen LogP contribution in [0.3, 0.4) is 0 Å². The van der Waals surface area contributed by atoms with E-state index < -0.39 is 0 Å². The van der Waals surface area contributed by atoms with Crippen molar-refractivity contribution >= 4 is 28.6 Å². The van der Waals surface area contributed by atoms with Crippen LogP contribution in [0.5, 0.6) is 0 Å². The second kappa shape index (κ2) is 5.17. The smallest absolute Gasteiger partial charge is 0.101 e. The summed E-state index contributed by atoms with van der Waals surface area (Å²) in [5.74, 6) is 0. The molecule has 0 aliphatic rings. The van der Waals surface area contributed by atoms with Gasteiger partial charge in [-0.05, 0) is 18.2 Å². The Morgan fingerprint density at radius 2 is 2.35 bits per heavy atom. The molecular formula is C12H10ClN3S. The third kappa shape index (κ3) is 2.76. The molecule has 0 N–H and O–H groups in total. The van der Waals surface area contributed by atoms with Crippen LogP contribution in [0.25, 0.3) is 0 Å². The Bertz CT molecular complexity index is 545. The van der Waals surface area contributed by atoms with E-state index in [-0.39, 0.29) is 0 Å². The summed E-state index contributed by atoms with van der Waals surface area (Å²) < 4.78 is 0. The van der Waals surface area contributed by atoms with Crippen LogP contribution in [0.15, 0.2) is 29.1 Å². The zero-order valence-electron chi connectivity index (χ0n) is 9.22. The third-order valence-electron chi connectivity index (χ3n) is 2.37. The molecule has 0 spiro atoms. The maximum absolute atomic E-state index is 9.05. The van der Waals surface area contributed by atoms with Gasteiger partial charge in [0.2, 0.25) is 0 Å². The summed E-state index contributed by atoms with van der Waals surface area (Å²) in [6.45, 7) is 0.665. The standard InChI is InChI=1S/C12H10ClN3S/c1-16(6-11-7-17-8-15-11)12-4-10(13)3-2-9(12)5-14/h2-4,7-8H,6H2,1H3. The van der Waals surface area contributed by atoms with Gasteiger partial charge in [-0.25, -0.2) is 4.98 Å². The van der Waals surface area contributed by atoms with E-state index in [9.17, 15) is 0 Å². The molecule has 0 bridgehead atoms. The Hall–Kier alpha value is -1.57. The van der Waals surface area contributed by atoms with Gasteiger partial charge < -0.3 is 4.90 Å². The number of thiazole rings is 1. The van der Waals surface area contributed by atoms with Crippen LogP contribution < -0.4 is 4.90 Å². The molecule has 2 rings (SSSR count). The van der Waals surface area contributed by atoms with Crippen molar-refractivity contribution in [1.29, 1.82) is 5.26 Å². The predicted molar refractivity (Wildman–Crippen MR) is 70.4 cm³/mol. The Kier molecular flexibility index (Phi) is 3.62. The quantitative estimate of drug-likeness (QED) is 0.853. The first kappa shape index (κ1) is 11.9. The largest absolute Gasteiger partial charge is 0.368 e. The predicted octanol–water partition coefficient (Wildman–Crippen LogP) is 3.30. The summed E-state index contributed by atoms with van der Waals surface area (Å²) in [6, 6.07) is 7.42. The van der Waals surface area contributed by atoms with Crippen molar-refractivity contribution in [3.63, 3.8) is 0 Å². The summed E-state index contributed by atoms with van der Waals surface area (Å²) in [5.41, 5.74) is 4.23. The first-order chi connectivity index (χ1) is 8.20. The van der Waals surface area contributed by atoms with Gasteiger partial charge in [0, 0.05) is 17.5 Å². The van der Waals surface area contributed by atoms with Crippen molar-refractivity contribution in [1.82, 2.24) is 4.98 Å². The van der Waals surface area contributed by atoms with Crippen molar-refractivity contribution in [3.05, 3.63) is 45.4 Å². The van der Waals surface area contributed by atoms with Gasteiger partial charge in [0.1, 0.15) is 6.07 Å². The molecule has 0 atom stereocenters. The van der Waals surface area contributed by atoms with Crippen LogP contribution in [-0.4, -0.2) is 12.0 Å². The summed E-state index contributed by atoms with van der Waals surface area (Å²) in [6.07, 6.45) is 0. The second-order valence-corrected chi connectivity index (χ2v) is 4.76. The zero-order valence-corrected chi connectivity index (χ0v) is 10.8. The van der Waals surface area contributed by atoms with Crippen molar-refractivity contribution in [2.45, 2.75) is 6.54 Å². The van der Waals surface area contributed by atoms with E-state index in [0.717, 1.165) is 11.4 Å². The lowest BCUT2D eigenvalue weighted by molar-refractivity contribution is 0.893. The molecule has 1 aromatic carbocycles. The van der Waals surface area contributed by atoms with Crippen molar-refractivity contribution in [3.8, 4) is 6.07 Å². The molecule has 0 aliphatic carbocycles. The first-order valence-corrected chi connectivity index (χ1v) is 6.30. The fraction of sp³-hybridized carbons (Fsp3) is 0.167. The molecule has 0 unspecified atom stereocenters. The number of rotatable bonds is 3. The van der Waals surface area contributed by atoms with Crippen LogP contribution in [0.4, 0.5) is 5.69 Å². The Morgan fingerprint density at radius 3 is 3.00 bits per heavy atom. The first-order valence-electron chi connectivity index (χ1n) is 4.98. The van der Waals surface area contributed by atoms with Crippen molar-refractivity contribution < 1.29 is 0 Å². The molecule has 2 aromatic rings. The SMILES string of the molecule is CN(Cc1cscn1)c1cc(Cl)ccc1C#N. The number of hydrogen-bond donors (Lipinski definition) is 0. The van der Waals surface area contributed by atoms with E-state index >= 15 is 0 Å². The minimum atomic E-state index is 0.618. The van der Waals surface area contributed by atoms with Gasteiger partial charge in [-0.2, -0.15) is 5.26 Å². The van der Waals surface area contributed by atoms with E-state index in [1.54, 1.807) is 35.0 Å². The maximum Gasteiger partial charge on any atom is 0.101 e. The fourth-order valence-electron chi connectivity index (χ4n) is 1.56. The second-order valence-electron chi connectivity index (χ2n) is 3.61. The van der Waals surface area contributed by atoms with Gasteiger partial charge >= 0.3 is 0 Å². The molecule has 0 fully saturated rings. The number of hydrogen-bond acceptors (Lipinski definition) is 4. The van der Waals surface area contributed by atoms with Crippen LogP contribution in [-0.2, 0) is 6.54 Å². The number of anilines is 1. The highest BCUT2D eigenvalue weighted by Crippen LogP contribution is 2.24. The van der Waals surface area contributed by atoms with E-state index in [2.05, 4.69) is 11.1 Å². The highest BCUT2D eigenvalue weighted by atomic mass is 35.5. The number of aromatic nitrogens is 1. The highest BCUT2D eigenvalue weighted by Gasteiger charge is 2.09. The lowest BCUT2D eigenvalue weighted by Crippen LogP contribution is -2.17. The Morgan fingerprint density at radius 1 is 1.53 bits per heavy atom. The van der Waals surface area contributed by atoms with Gasteiger partial charge in [-0.3, -0.25) is 0 Å². The molecule has 1 heterocycles. The number of nitriles is 1. The van der Waals surface area contributed by atoms with Crippen LogP contribution in [0.1, 0.15) is 11.3 Å². The lowest BCUT2D eigenvalue weighted by Gasteiger charge is -2.19. The summed E-state index contributed by atoms with van der Waals surface area (Å²) in [7, 11) is 1.92. The average Bonchev–Trinajstić information content (AvgIpc) is 2.81. The van der Waals surface area contributed by atoms with Crippen molar-refractivity contribution in [2.75, 3.05) is 11.9 Å². The van der Waals surface area contributed by atoms with Crippen molar-refractivity contribution in [2.24, 2.45) is 0 Å². The molecule has 86 valence electrons. The summed E-state index contributed by atoms with van der Waals surface area (Å²) >= 11 is 7.51. The van der Waals surface area contributed by atoms with Crippen LogP contribution in [0.2, 0.25) is 5.02 Å². The Labute approximate surface area is 109 Å². The summed E-state index contributed by atoms with van der Waals surface area (Å²) in [5, 5.41) is 11.7. The molecule has 0 radical (unpaired) electrons. The number of benzene rings is 1. The van der Waals surface area contributed by atoms with Gasteiger partial charge in [-0.15, -0.1) is 11.3 Å². The topological polar surface area (TPSA) is 39.9 Å². The minimum Gasteiger partial charge on any atom is -0.368 e. The van der Waals surface area contributed by atoms with E-state index in [1.807, 2.05) is 17.3 Å². The monoisotopic (exact) mass is 263 g/mol. The molecule has 3 nitrogen and oxygen atoms in total. The molecule has 0 saturated heterocycles. The van der Waals surface area contributed by atoms with Gasteiger partial charge in [0.25, 0.3) is 0 Å². The lowest BCUT2D eigenvalue weighted by atomic mass is 10.2. The van der Waals surface area contributed by atoms with Gasteiger partial charge in [-0.1, -0.05) is 11.6 Å². The van der Waals surface area contributed by atoms with Crippen LogP contribution >= 0.6 is 22.9 Å². The molecule has 0 amide bonds. The zero-order chi connectivity index (χ0) is 12.3. The van der Waals surface area contributed by atoms with Gasteiger partial charge in [0.15, 0.2) is 0 Å². The fourth-order valence-corrected chi connectivity index (χ4v) is 2.27. The molecule has 0 aliphatic heterocycles. The highest BCUT2D eigenvalue weighted by molar-refractivity contribution is 7.07. The number of nitrogens with zero attached hydrogens (tertiary/aromatic N) is 3. The van der Waals surface area contributed by atoms with Crippen LogP contribution in [0, 0.1) is 11.3 Å². The summed E-state index contributed by atoms with van der Waals surface area (Å²) in [4.78, 5) is 6.19. The molecular weight excluding hydrogens is 254 g/mol. The third-order valence-corrected chi connectivity index (χ3v) is 3.24. The number of halogens is 1. The molecule has 0 saturated carbocycles. The van der Waals surface area contributed by atoms with E-state index in [4.69, 9.17) is 16.9 Å². The molecule has 17 heavy (non-hydrogen) atoms. The van der Waals surface area contributed by atoms with Gasteiger partial charge in [0.05, 0.1) is 29.0 Å². The molecule has 1 aromatic heterocycles. The Balaban J connectivity index is 2.27.